The van der Waals surface area contributed by atoms with Crippen LogP contribution in [0.5, 0.6) is 0 Å². The van der Waals surface area contributed by atoms with Gasteiger partial charge in [-0.1, -0.05) is 44.2 Å². The third-order valence-corrected chi connectivity index (χ3v) is 3.65. The van der Waals surface area contributed by atoms with E-state index in [1.165, 1.54) is 0 Å². The molecule has 2 amide bonds. The van der Waals surface area contributed by atoms with Crippen LogP contribution in [0.15, 0.2) is 54.6 Å². The molecule has 0 radical (unpaired) electrons. The van der Waals surface area contributed by atoms with Crippen LogP contribution in [0.3, 0.4) is 0 Å². The standard InChI is InChI=1S/C21H26N2O3/c1-16(2)15-26-13-12-20(24)23-19-10-8-18(9-11-19)21(25)22-14-17-6-4-3-5-7-17/h3-11,16H,12-15H2,1-2H3,(H,22,25)(H,23,24). The quantitative estimate of drug-likeness (QED) is 0.676. The normalized spacial score (nSPS) is 10.6. The molecule has 2 N–H and O–H groups in total. The van der Waals surface area contributed by atoms with E-state index in [0.29, 0.717) is 43.3 Å². The van der Waals surface area contributed by atoms with Gasteiger partial charge in [0.15, 0.2) is 0 Å². The molecule has 0 aliphatic rings. The summed E-state index contributed by atoms with van der Waals surface area (Å²) in [7, 11) is 0. The molecular weight excluding hydrogens is 328 g/mol. The molecule has 0 spiro atoms. The van der Waals surface area contributed by atoms with Gasteiger partial charge in [-0.2, -0.15) is 0 Å². The molecule has 0 unspecified atom stereocenters. The molecule has 0 aliphatic heterocycles. The number of ether oxygens (including phenoxy) is 1. The Bertz CT molecular complexity index is 697. The van der Waals surface area contributed by atoms with Gasteiger partial charge in [-0.15, -0.1) is 0 Å². The lowest BCUT2D eigenvalue weighted by Crippen LogP contribution is -2.22. The number of nitrogens with one attached hydrogen (secondary N) is 2. The van der Waals surface area contributed by atoms with Crippen molar-refractivity contribution >= 4 is 17.5 Å². The van der Waals surface area contributed by atoms with Gasteiger partial charge in [-0.25, -0.2) is 0 Å². The van der Waals surface area contributed by atoms with Crippen LogP contribution >= 0.6 is 0 Å². The summed E-state index contributed by atoms with van der Waals surface area (Å²) in [6.07, 6.45) is 0.312. The highest BCUT2D eigenvalue weighted by Gasteiger charge is 2.07. The van der Waals surface area contributed by atoms with Crippen LogP contribution in [0.1, 0.15) is 36.2 Å². The monoisotopic (exact) mass is 354 g/mol. The molecular formula is C21H26N2O3. The van der Waals surface area contributed by atoms with Crippen LogP contribution in [0.25, 0.3) is 0 Å². The molecule has 0 aromatic heterocycles. The first-order chi connectivity index (χ1) is 12.5. The number of hydrogen-bond acceptors (Lipinski definition) is 3. The summed E-state index contributed by atoms with van der Waals surface area (Å²) < 4.78 is 5.40. The molecule has 0 atom stereocenters. The van der Waals surface area contributed by atoms with Gasteiger partial charge in [0.25, 0.3) is 5.91 Å². The Kier molecular flexibility index (Phi) is 7.83. The summed E-state index contributed by atoms with van der Waals surface area (Å²) in [5, 5.41) is 5.68. The second kappa shape index (κ2) is 10.4. The van der Waals surface area contributed by atoms with Crippen LogP contribution in [0.2, 0.25) is 0 Å². The van der Waals surface area contributed by atoms with E-state index >= 15 is 0 Å². The average molecular weight is 354 g/mol. The van der Waals surface area contributed by atoms with Gasteiger partial charge < -0.3 is 15.4 Å². The Morgan fingerprint density at radius 3 is 2.35 bits per heavy atom. The van der Waals surface area contributed by atoms with Crippen molar-refractivity contribution in [3.8, 4) is 0 Å². The van der Waals surface area contributed by atoms with E-state index in [9.17, 15) is 9.59 Å². The number of anilines is 1. The largest absolute Gasteiger partial charge is 0.381 e. The highest BCUT2D eigenvalue weighted by molar-refractivity contribution is 5.95. The first kappa shape index (κ1) is 19.7. The first-order valence-corrected chi connectivity index (χ1v) is 8.84. The number of benzene rings is 2. The Balaban J connectivity index is 1.76. The van der Waals surface area contributed by atoms with Crippen LogP contribution < -0.4 is 10.6 Å². The fourth-order valence-electron chi connectivity index (χ4n) is 2.29. The minimum absolute atomic E-state index is 0.102. The molecule has 0 aliphatic carbocycles. The predicted molar refractivity (Wildman–Crippen MR) is 103 cm³/mol. The lowest BCUT2D eigenvalue weighted by atomic mass is 10.1. The highest BCUT2D eigenvalue weighted by atomic mass is 16.5. The topological polar surface area (TPSA) is 67.4 Å². The fraction of sp³-hybridized carbons (Fsp3) is 0.333. The maximum absolute atomic E-state index is 12.2. The second-order valence-corrected chi connectivity index (χ2v) is 6.51. The molecule has 2 aromatic carbocycles. The minimum Gasteiger partial charge on any atom is -0.381 e. The summed E-state index contributed by atoms with van der Waals surface area (Å²) in [5.41, 5.74) is 2.27. The van der Waals surface area contributed by atoms with Crippen molar-refractivity contribution in [1.29, 1.82) is 0 Å². The van der Waals surface area contributed by atoms with E-state index in [1.807, 2.05) is 30.3 Å². The summed E-state index contributed by atoms with van der Waals surface area (Å²) in [5.74, 6) is 0.211. The van der Waals surface area contributed by atoms with Gasteiger partial charge in [-0.3, -0.25) is 9.59 Å². The fourth-order valence-corrected chi connectivity index (χ4v) is 2.29. The van der Waals surface area contributed by atoms with Crippen molar-refractivity contribution in [1.82, 2.24) is 5.32 Å². The van der Waals surface area contributed by atoms with Gasteiger partial charge >= 0.3 is 0 Å². The van der Waals surface area contributed by atoms with Gasteiger partial charge in [0, 0.05) is 24.4 Å². The van der Waals surface area contributed by atoms with Gasteiger partial charge in [0.2, 0.25) is 5.91 Å². The third kappa shape index (κ3) is 7.07. The Morgan fingerprint density at radius 2 is 1.69 bits per heavy atom. The van der Waals surface area contributed by atoms with E-state index in [1.54, 1.807) is 24.3 Å². The zero-order chi connectivity index (χ0) is 18.8. The maximum atomic E-state index is 12.2. The second-order valence-electron chi connectivity index (χ2n) is 6.51. The van der Waals surface area contributed by atoms with E-state index in [4.69, 9.17) is 4.74 Å². The summed E-state index contributed by atoms with van der Waals surface area (Å²) in [6.45, 7) is 5.67. The number of carbonyl (C=O) groups excluding carboxylic acids is 2. The van der Waals surface area contributed by atoms with Crippen molar-refractivity contribution in [2.75, 3.05) is 18.5 Å². The van der Waals surface area contributed by atoms with Crippen molar-refractivity contribution < 1.29 is 14.3 Å². The van der Waals surface area contributed by atoms with E-state index in [2.05, 4.69) is 24.5 Å². The predicted octanol–water partition coefficient (Wildman–Crippen LogP) is 3.62. The van der Waals surface area contributed by atoms with Crippen molar-refractivity contribution in [2.45, 2.75) is 26.8 Å². The molecule has 0 saturated carbocycles. The lowest BCUT2D eigenvalue weighted by molar-refractivity contribution is -0.117. The smallest absolute Gasteiger partial charge is 0.251 e. The van der Waals surface area contributed by atoms with Crippen molar-refractivity contribution in [3.63, 3.8) is 0 Å². The Morgan fingerprint density at radius 1 is 1.00 bits per heavy atom. The van der Waals surface area contributed by atoms with E-state index in [0.717, 1.165) is 5.56 Å². The molecule has 5 nitrogen and oxygen atoms in total. The molecule has 0 bridgehead atoms. The summed E-state index contributed by atoms with van der Waals surface area (Å²) in [6, 6.07) is 16.6. The summed E-state index contributed by atoms with van der Waals surface area (Å²) in [4.78, 5) is 24.0. The van der Waals surface area contributed by atoms with Crippen LogP contribution in [0.4, 0.5) is 5.69 Å². The maximum Gasteiger partial charge on any atom is 0.251 e. The number of hydrogen-bond donors (Lipinski definition) is 2. The molecule has 0 saturated heterocycles. The highest BCUT2D eigenvalue weighted by Crippen LogP contribution is 2.10. The van der Waals surface area contributed by atoms with Crippen molar-refractivity contribution in [3.05, 3.63) is 65.7 Å². The van der Waals surface area contributed by atoms with Gasteiger partial charge in [-0.05, 0) is 35.7 Å². The minimum atomic E-state index is -0.145. The van der Waals surface area contributed by atoms with E-state index < -0.39 is 0 Å². The average Bonchev–Trinajstić information content (AvgIpc) is 2.64. The van der Waals surface area contributed by atoms with Crippen molar-refractivity contribution in [2.24, 2.45) is 5.92 Å². The van der Waals surface area contributed by atoms with E-state index in [-0.39, 0.29) is 11.8 Å². The number of rotatable bonds is 9. The summed E-state index contributed by atoms with van der Waals surface area (Å²) >= 11 is 0. The molecule has 0 fully saturated rings. The Hall–Kier alpha value is -2.66. The van der Waals surface area contributed by atoms with Crippen LogP contribution in [0, 0.1) is 5.92 Å². The number of amides is 2. The van der Waals surface area contributed by atoms with Gasteiger partial charge in [0.1, 0.15) is 0 Å². The number of carbonyl (C=O) groups is 2. The molecule has 138 valence electrons. The molecule has 2 rings (SSSR count). The zero-order valence-corrected chi connectivity index (χ0v) is 15.3. The third-order valence-electron chi connectivity index (χ3n) is 3.65. The molecule has 0 heterocycles. The first-order valence-electron chi connectivity index (χ1n) is 8.84. The molecule has 2 aromatic rings. The zero-order valence-electron chi connectivity index (χ0n) is 15.3. The van der Waals surface area contributed by atoms with Crippen LogP contribution in [-0.4, -0.2) is 25.0 Å². The molecule has 26 heavy (non-hydrogen) atoms. The SMILES string of the molecule is CC(C)COCCC(=O)Nc1ccc(C(=O)NCc2ccccc2)cc1. The molecule has 5 heteroatoms. The Labute approximate surface area is 154 Å². The van der Waals surface area contributed by atoms with Gasteiger partial charge in [0.05, 0.1) is 13.0 Å². The van der Waals surface area contributed by atoms with Crippen LogP contribution in [-0.2, 0) is 16.1 Å². The lowest BCUT2D eigenvalue weighted by Gasteiger charge is -2.09.